The lowest BCUT2D eigenvalue weighted by atomic mass is 10.1. The molecule has 4 nitrogen and oxygen atoms in total. The van der Waals surface area contributed by atoms with Gasteiger partial charge in [-0.1, -0.05) is 18.2 Å². The molecule has 0 unspecified atom stereocenters. The van der Waals surface area contributed by atoms with Crippen LogP contribution in [0.1, 0.15) is 18.5 Å². The maximum Gasteiger partial charge on any atom is 0.219 e. The minimum atomic E-state index is 0.0776. The van der Waals surface area contributed by atoms with Gasteiger partial charge in [-0.15, -0.1) is 0 Å². The lowest BCUT2D eigenvalue weighted by Crippen LogP contribution is -2.17. The van der Waals surface area contributed by atoms with Crippen LogP contribution in [0.3, 0.4) is 0 Å². The van der Waals surface area contributed by atoms with Gasteiger partial charge in [-0.3, -0.25) is 9.78 Å². The van der Waals surface area contributed by atoms with E-state index in [1.54, 1.807) is 7.05 Å². The molecule has 0 aliphatic carbocycles. The first-order valence-corrected chi connectivity index (χ1v) is 6.84. The third kappa shape index (κ3) is 2.25. The van der Waals surface area contributed by atoms with Crippen molar-refractivity contribution in [3.8, 4) is 0 Å². The van der Waals surface area contributed by atoms with Gasteiger partial charge in [0.15, 0.2) is 0 Å². The van der Waals surface area contributed by atoms with Crippen molar-refractivity contribution in [1.82, 2.24) is 15.3 Å². The Kier molecular flexibility index (Phi) is 3.37. The van der Waals surface area contributed by atoms with E-state index in [1.807, 2.05) is 24.4 Å². The molecule has 3 aromatic rings. The Labute approximate surface area is 117 Å². The quantitative estimate of drug-likeness (QED) is 0.763. The topological polar surface area (TPSA) is 57.8 Å². The molecule has 0 bridgehead atoms. The Balaban J connectivity index is 1.93. The molecule has 0 aliphatic heterocycles. The van der Waals surface area contributed by atoms with Gasteiger partial charge in [-0.05, 0) is 25.0 Å². The number of hydrogen-bond acceptors (Lipinski definition) is 2. The zero-order valence-electron chi connectivity index (χ0n) is 11.4. The number of para-hydroxylation sites is 1. The molecule has 0 radical (unpaired) electrons. The van der Waals surface area contributed by atoms with Gasteiger partial charge in [0.25, 0.3) is 0 Å². The Hall–Kier alpha value is -2.36. The standard InChI is InChI=1S/C16H17N3O/c1-17-15(20)8-4-7-14-16-12(9-10-18-14)11-5-2-3-6-13(11)19-16/h2-3,5-6,9-10,19H,4,7-8H2,1H3,(H,17,20). The summed E-state index contributed by atoms with van der Waals surface area (Å²) in [5.74, 6) is 0.0776. The van der Waals surface area contributed by atoms with Gasteiger partial charge in [0.05, 0.1) is 11.2 Å². The van der Waals surface area contributed by atoms with Crippen LogP contribution in [0.4, 0.5) is 0 Å². The van der Waals surface area contributed by atoms with Crippen molar-refractivity contribution in [1.29, 1.82) is 0 Å². The summed E-state index contributed by atoms with van der Waals surface area (Å²) in [5.41, 5.74) is 3.25. The number of rotatable bonds is 4. The van der Waals surface area contributed by atoms with Crippen LogP contribution in [-0.4, -0.2) is 22.9 Å². The molecule has 2 aromatic heterocycles. The molecule has 0 fully saturated rings. The first-order valence-electron chi connectivity index (χ1n) is 6.84. The molecule has 0 saturated carbocycles. The molecule has 0 atom stereocenters. The predicted octanol–water partition coefficient (Wildman–Crippen LogP) is 2.78. The average molecular weight is 267 g/mol. The van der Waals surface area contributed by atoms with E-state index in [9.17, 15) is 4.79 Å². The van der Waals surface area contributed by atoms with Crippen LogP contribution in [0.15, 0.2) is 36.5 Å². The number of aryl methyl sites for hydroxylation is 1. The van der Waals surface area contributed by atoms with Gasteiger partial charge in [0, 0.05) is 36.0 Å². The predicted molar refractivity (Wildman–Crippen MR) is 80.6 cm³/mol. The van der Waals surface area contributed by atoms with Crippen LogP contribution in [0.5, 0.6) is 0 Å². The molecule has 2 heterocycles. The van der Waals surface area contributed by atoms with Crippen LogP contribution < -0.4 is 5.32 Å². The molecule has 102 valence electrons. The first-order chi connectivity index (χ1) is 9.79. The Morgan fingerprint density at radius 1 is 1.25 bits per heavy atom. The third-order valence-corrected chi connectivity index (χ3v) is 3.60. The van der Waals surface area contributed by atoms with Crippen molar-refractivity contribution in [3.63, 3.8) is 0 Å². The lowest BCUT2D eigenvalue weighted by Gasteiger charge is -2.02. The highest BCUT2D eigenvalue weighted by molar-refractivity contribution is 6.07. The number of carbonyl (C=O) groups is 1. The SMILES string of the molecule is CNC(=O)CCCc1nccc2c1[nH]c1ccccc12. The van der Waals surface area contributed by atoms with E-state index in [2.05, 4.69) is 27.4 Å². The number of pyridine rings is 1. The smallest absolute Gasteiger partial charge is 0.219 e. The molecule has 2 N–H and O–H groups in total. The van der Waals surface area contributed by atoms with Crippen molar-refractivity contribution in [3.05, 3.63) is 42.2 Å². The Morgan fingerprint density at radius 3 is 2.95 bits per heavy atom. The van der Waals surface area contributed by atoms with E-state index in [0.717, 1.165) is 29.6 Å². The molecule has 0 spiro atoms. The highest BCUT2D eigenvalue weighted by atomic mass is 16.1. The van der Waals surface area contributed by atoms with Crippen LogP contribution in [0.2, 0.25) is 0 Å². The van der Waals surface area contributed by atoms with Gasteiger partial charge in [0.2, 0.25) is 5.91 Å². The Morgan fingerprint density at radius 2 is 2.10 bits per heavy atom. The number of benzene rings is 1. The highest BCUT2D eigenvalue weighted by Gasteiger charge is 2.09. The summed E-state index contributed by atoms with van der Waals surface area (Å²) in [6.07, 6.45) is 3.99. The molecule has 0 saturated heterocycles. The van der Waals surface area contributed by atoms with E-state index in [-0.39, 0.29) is 5.91 Å². The van der Waals surface area contributed by atoms with E-state index >= 15 is 0 Å². The molecule has 3 rings (SSSR count). The molecule has 1 aromatic carbocycles. The van der Waals surface area contributed by atoms with E-state index in [1.165, 1.54) is 10.8 Å². The minimum Gasteiger partial charge on any atom is -0.359 e. The van der Waals surface area contributed by atoms with Gasteiger partial charge >= 0.3 is 0 Å². The fraction of sp³-hybridized carbons (Fsp3) is 0.250. The fourth-order valence-electron chi connectivity index (χ4n) is 2.56. The molecule has 20 heavy (non-hydrogen) atoms. The van der Waals surface area contributed by atoms with Crippen molar-refractivity contribution >= 4 is 27.7 Å². The van der Waals surface area contributed by atoms with Crippen LogP contribution >= 0.6 is 0 Å². The molecule has 4 heteroatoms. The van der Waals surface area contributed by atoms with Gasteiger partial charge in [-0.2, -0.15) is 0 Å². The molecular formula is C16H17N3O. The summed E-state index contributed by atoms with van der Waals surface area (Å²) < 4.78 is 0. The second-order valence-electron chi connectivity index (χ2n) is 4.88. The second kappa shape index (κ2) is 5.33. The zero-order valence-corrected chi connectivity index (χ0v) is 11.4. The average Bonchev–Trinajstić information content (AvgIpc) is 2.86. The van der Waals surface area contributed by atoms with Gasteiger partial charge in [-0.25, -0.2) is 0 Å². The van der Waals surface area contributed by atoms with E-state index in [0.29, 0.717) is 6.42 Å². The van der Waals surface area contributed by atoms with Gasteiger partial charge in [0.1, 0.15) is 0 Å². The number of amides is 1. The molecule has 1 amide bonds. The van der Waals surface area contributed by atoms with Crippen LogP contribution in [0.25, 0.3) is 21.8 Å². The molecule has 0 aliphatic rings. The Bertz CT molecular complexity index is 761. The van der Waals surface area contributed by atoms with Crippen LogP contribution in [-0.2, 0) is 11.2 Å². The number of aromatic nitrogens is 2. The lowest BCUT2D eigenvalue weighted by molar-refractivity contribution is -0.120. The second-order valence-corrected chi connectivity index (χ2v) is 4.88. The summed E-state index contributed by atoms with van der Waals surface area (Å²) >= 11 is 0. The number of nitrogens with one attached hydrogen (secondary N) is 2. The largest absolute Gasteiger partial charge is 0.359 e. The summed E-state index contributed by atoms with van der Waals surface area (Å²) in [5, 5.41) is 5.06. The fourth-order valence-corrected chi connectivity index (χ4v) is 2.56. The summed E-state index contributed by atoms with van der Waals surface area (Å²) in [6.45, 7) is 0. The zero-order chi connectivity index (χ0) is 13.9. The number of carbonyl (C=O) groups excluding carboxylic acids is 1. The summed E-state index contributed by atoms with van der Waals surface area (Å²) in [6, 6.07) is 10.3. The van der Waals surface area contributed by atoms with Crippen molar-refractivity contribution < 1.29 is 4.79 Å². The third-order valence-electron chi connectivity index (χ3n) is 3.60. The van der Waals surface area contributed by atoms with Gasteiger partial charge < -0.3 is 10.3 Å². The number of hydrogen-bond donors (Lipinski definition) is 2. The van der Waals surface area contributed by atoms with Crippen molar-refractivity contribution in [2.45, 2.75) is 19.3 Å². The maximum atomic E-state index is 11.3. The number of aromatic amines is 1. The minimum absolute atomic E-state index is 0.0776. The molecular weight excluding hydrogens is 250 g/mol. The number of fused-ring (bicyclic) bond motifs is 3. The number of H-pyrrole nitrogens is 1. The highest BCUT2D eigenvalue weighted by Crippen LogP contribution is 2.26. The summed E-state index contributed by atoms with van der Waals surface area (Å²) in [7, 11) is 1.67. The van der Waals surface area contributed by atoms with Crippen molar-refractivity contribution in [2.75, 3.05) is 7.05 Å². The van der Waals surface area contributed by atoms with E-state index < -0.39 is 0 Å². The summed E-state index contributed by atoms with van der Waals surface area (Å²) in [4.78, 5) is 19.2. The maximum absolute atomic E-state index is 11.3. The number of nitrogens with zero attached hydrogens (tertiary/aromatic N) is 1. The van der Waals surface area contributed by atoms with E-state index in [4.69, 9.17) is 0 Å². The first kappa shape index (κ1) is 12.7. The normalized spacial score (nSPS) is 11.1. The monoisotopic (exact) mass is 267 g/mol. The van der Waals surface area contributed by atoms with Crippen LogP contribution in [0, 0.1) is 0 Å². The van der Waals surface area contributed by atoms with Crippen molar-refractivity contribution in [2.24, 2.45) is 0 Å².